The van der Waals surface area contributed by atoms with Gasteiger partial charge in [0.15, 0.2) is 6.61 Å². The number of hydrogen-bond donors (Lipinski definition) is 2. The molecule has 0 aliphatic carbocycles. The zero-order valence-corrected chi connectivity index (χ0v) is 12.9. The molecule has 0 saturated heterocycles. The lowest BCUT2D eigenvalue weighted by atomic mass is 10.1. The number of nitrogens with one attached hydrogen (secondary N) is 1. The monoisotopic (exact) mass is 304 g/mol. The SMILES string of the molecule is CC(Cc1cccs1)NCc1ccc(OCC(N)=O)cc1. The number of primary amides is 1. The molecule has 1 aromatic carbocycles. The number of hydrogen-bond acceptors (Lipinski definition) is 4. The van der Waals surface area contributed by atoms with E-state index in [1.165, 1.54) is 10.4 Å². The molecule has 0 saturated carbocycles. The van der Waals surface area contributed by atoms with E-state index in [9.17, 15) is 4.79 Å². The van der Waals surface area contributed by atoms with Crippen LogP contribution < -0.4 is 15.8 Å². The molecule has 112 valence electrons. The Bertz CT molecular complexity index is 552. The van der Waals surface area contributed by atoms with E-state index in [0.717, 1.165) is 13.0 Å². The van der Waals surface area contributed by atoms with Crippen molar-refractivity contribution in [3.8, 4) is 5.75 Å². The van der Waals surface area contributed by atoms with Gasteiger partial charge in [-0.05, 0) is 42.5 Å². The van der Waals surface area contributed by atoms with Crippen molar-refractivity contribution in [3.63, 3.8) is 0 Å². The number of nitrogens with two attached hydrogens (primary N) is 1. The van der Waals surface area contributed by atoms with Crippen LogP contribution in [0.3, 0.4) is 0 Å². The fourth-order valence-electron chi connectivity index (χ4n) is 1.95. The number of benzene rings is 1. The topological polar surface area (TPSA) is 64.3 Å². The molecule has 0 bridgehead atoms. The Kier molecular flexibility index (Phi) is 5.78. The molecule has 0 radical (unpaired) electrons. The number of amides is 1. The van der Waals surface area contributed by atoms with Gasteiger partial charge in [-0.1, -0.05) is 18.2 Å². The summed E-state index contributed by atoms with van der Waals surface area (Å²) in [5.74, 6) is 0.187. The van der Waals surface area contributed by atoms with Gasteiger partial charge in [0.05, 0.1) is 0 Å². The van der Waals surface area contributed by atoms with Gasteiger partial charge in [-0.15, -0.1) is 11.3 Å². The molecule has 2 aromatic rings. The van der Waals surface area contributed by atoms with E-state index >= 15 is 0 Å². The number of carbonyl (C=O) groups is 1. The van der Waals surface area contributed by atoms with Gasteiger partial charge in [0.25, 0.3) is 5.91 Å². The van der Waals surface area contributed by atoms with Crippen LogP contribution in [-0.4, -0.2) is 18.6 Å². The molecule has 21 heavy (non-hydrogen) atoms. The second-order valence-electron chi connectivity index (χ2n) is 4.96. The Morgan fingerprint density at radius 2 is 2.10 bits per heavy atom. The Morgan fingerprint density at radius 1 is 1.33 bits per heavy atom. The third kappa shape index (κ3) is 5.57. The van der Waals surface area contributed by atoms with Crippen molar-refractivity contribution in [2.45, 2.75) is 25.9 Å². The summed E-state index contributed by atoms with van der Waals surface area (Å²) < 4.78 is 5.22. The predicted octanol–water partition coefficient (Wildman–Crippen LogP) is 2.33. The summed E-state index contributed by atoms with van der Waals surface area (Å²) in [5.41, 5.74) is 6.21. The van der Waals surface area contributed by atoms with Crippen LogP contribution in [0.4, 0.5) is 0 Å². The summed E-state index contributed by atoms with van der Waals surface area (Å²) in [6.07, 6.45) is 1.04. The van der Waals surface area contributed by atoms with Crippen LogP contribution in [0.25, 0.3) is 0 Å². The van der Waals surface area contributed by atoms with Gasteiger partial charge in [0.2, 0.25) is 0 Å². The molecule has 0 fully saturated rings. The molecule has 1 aromatic heterocycles. The van der Waals surface area contributed by atoms with Gasteiger partial charge in [0.1, 0.15) is 5.75 Å². The molecule has 0 aliphatic rings. The van der Waals surface area contributed by atoms with Crippen molar-refractivity contribution in [2.75, 3.05) is 6.61 Å². The summed E-state index contributed by atoms with van der Waals surface area (Å²) >= 11 is 1.79. The first-order chi connectivity index (χ1) is 10.1. The standard InChI is InChI=1S/C16H20N2O2S/c1-12(9-15-3-2-8-21-15)18-10-13-4-6-14(7-5-13)20-11-16(17)19/h2-8,12,18H,9-11H2,1H3,(H2,17,19). The number of thiophene rings is 1. The number of ether oxygens (including phenoxy) is 1. The lowest BCUT2D eigenvalue weighted by molar-refractivity contribution is -0.119. The molecule has 4 nitrogen and oxygen atoms in total. The van der Waals surface area contributed by atoms with Gasteiger partial charge >= 0.3 is 0 Å². The zero-order valence-electron chi connectivity index (χ0n) is 12.0. The van der Waals surface area contributed by atoms with Crippen molar-refractivity contribution < 1.29 is 9.53 Å². The molecule has 1 atom stereocenters. The van der Waals surface area contributed by atoms with E-state index in [0.29, 0.717) is 11.8 Å². The minimum absolute atomic E-state index is 0.0879. The van der Waals surface area contributed by atoms with Crippen molar-refractivity contribution in [3.05, 3.63) is 52.2 Å². The highest BCUT2D eigenvalue weighted by Crippen LogP contribution is 2.13. The van der Waals surface area contributed by atoms with Gasteiger partial charge in [0, 0.05) is 17.5 Å². The van der Waals surface area contributed by atoms with E-state index in [-0.39, 0.29) is 6.61 Å². The van der Waals surface area contributed by atoms with Crippen molar-refractivity contribution >= 4 is 17.2 Å². The van der Waals surface area contributed by atoms with E-state index in [4.69, 9.17) is 10.5 Å². The summed E-state index contributed by atoms with van der Waals surface area (Å²) in [7, 11) is 0. The molecule has 5 heteroatoms. The highest BCUT2D eigenvalue weighted by atomic mass is 32.1. The highest BCUT2D eigenvalue weighted by molar-refractivity contribution is 7.09. The molecular formula is C16H20N2O2S. The van der Waals surface area contributed by atoms with Crippen LogP contribution in [0, 0.1) is 0 Å². The summed E-state index contributed by atoms with van der Waals surface area (Å²) in [6.45, 7) is 2.90. The van der Waals surface area contributed by atoms with Crippen LogP contribution in [0.5, 0.6) is 5.75 Å². The van der Waals surface area contributed by atoms with E-state index < -0.39 is 5.91 Å². The summed E-state index contributed by atoms with van der Waals surface area (Å²) in [4.78, 5) is 12.0. The maximum Gasteiger partial charge on any atom is 0.255 e. The Hall–Kier alpha value is -1.85. The van der Waals surface area contributed by atoms with Gasteiger partial charge in [-0.2, -0.15) is 0 Å². The third-order valence-electron chi connectivity index (χ3n) is 3.05. The maximum atomic E-state index is 10.6. The van der Waals surface area contributed by atoms with Crippen LogP contribution in [0.2, 0.25) is 0 Å². The van der Waals surface area contributed by atoms with Gasteiger partial charge in [-0.3, -0.25) is 4.79 Å². The predicted molar refractivity (Wildman–Crippen MR) is 85.5 cm³/mol. The van der Waals surface area contributed by atoms with E-state index in [2.05, 4.69) is 29.8 Å². The maximum absolute atomic E-state index is 10.6. The second kappa shape index (κ2) is 7.81. The molecule has 1 unspecified atom stereocenters. The molecule has 1 heterocycles. The Morgan fingerprint density at radius 3 is 2.71 bits per heavy atom. The minimum atomic E-state index is -0.469. The fourth-order valence-corrected chi connectivity index (χ4v) is 2.79. The Labute approximate surface area is 128 Å². The van der Waals surface area contributed by atoms with E-state index in [1.54, 1.807) is 11.3 Å². The molecule has 0 aliphatic heterocycles. The van der Waals surface area contributed by atoms with Crippen LogP contribution in [-0.2, 0) is 17.8 Å². The zero-order chi connectivity index (χ0) is 15.1. The summed E-state index contributed by atoms with van der Waals surface area (Å²) in [5, 5.41) is 5.60. The van der Waals surface area contributed by atoms with E-state index in [1.807, 2.05) is 24.3 Å². The molecule has 1 amide bonds. The summed E-state index contributed by atoms with van der Waals surface area (Å²) in [6, 6.07) is 12.3. The number of rotatable bonds is 8. The minimum Gasteiger partial charge on any atom is -0.484 e. The quantitative estimate of drug-likeness (QED) is 0.787. The first kappa shape index (κ1) is 15.5. The normalized spacial score (nSPS) is 12.0. The van der Waals surface area contributed by atoms with Gasteiger partial charge < -0.3 is 15.8 Å². The average molecular weight is 304 g/mol. The van der Waals surface area contributed by atoms with Crippen molar-refractivity contribution in [1.82, 2.24) is 5.32 Å². The smallest absolute Gasteiger partial charge is 0.255 e. The largest absolute Gasteiger partial charge is 0.484 e. The third-order valence-corrected chi connectivity index (χ3v) is 3.95. The van der Waals surface area contributed by atoms with Crippen LogP contribution in [0.1, 0.15) is 17.4 Å². The van der Waals surface area contributed by atoms with Crippen LogP contribution in [0.15, 0.2) is 41.8 Å². The fraction of sp³-hybridized carbons (Fsp3) is 0.312. The Balaban J connectivity index is 1.76. The van der Waals surface area contributed by atoms with Crippen molar-refractivity contribution in [2.24, 2.45) is 5.73 Å². The first-order valence-corrected chi connectivity index (χ1v) is 7.77. The number of carbonyl (C=O) groups excluding carboxylic acids is 1. The molecule has 3 N–H and O–H groups in total. The highest BCUT2D eigenvalue weighted by Gasteiger charge is 2.04. The van der Waals surface area contributed by atoms with Gasteiger partial charge in [-0.25, -0.2) is 0 Å². The lowest BCUT2D eigenvalue weighted by Gasteiger charge is -2.13. The van der Waals surface area contributed by atoms with Crippen LogP contribution >= 0.6 is 11.3 Å². The average Bonchev–Trinajstić information content (AvgIpc) is 2.97. The lowest BCUT2D eigenvalue weighted by Crippen LogP contribution is -2.27. The first-order valence-electron chi connectivity index (χ1n) is 6.89. The second-order valence-corrected chi connectivity index (χ2v) is 6.00. The van der Waals surface area contributed by atoms with Crippen molar-refractivity contribution in [1.29, 1.82) is 0 Å². The molecular weight excluding hydrogens is 284 g/mol. The molecule has 0 spiro atoms. The molecule has 2 rings (SSSR count).